The third kappa shape index (κ3) is 2.80. The number of fused-ring (bicyclic) bond motifs is 1. The van der Waals surface area contributed by atoms with Gasteiger partial charge in [-0.15, -0.1) is 0 Å². The zero-order valence-electron chi connectivity index (χ0n) is 10.1. The van der Waals surface area contributed by atoms with E-state index < -0.39 is 0 Å². The zero-order valence-corrected chi connectivity index (χ0v) is 10.1. The first-order valence-corrected chi connectivity index (χ1v) is 5.79. The van der Waals surface area contributed by atoms with Crippen molar-refractivity contribution in [1.82, 2.24) is 0 Å². The molecule has 0 aliphatic carbocycles. The minimum absolute atomic E-state index is 0.0249. The molecule has 1 aliphatic heterocycles. The van der Waals surface area contributed by atoms with E-state index in [2.05, 4.69) is 0 Å². The average molecular weight is 250 g/mol. The van der Waals surface area contributed by atoms with Crippen LogP contribution in [0.3, 0.4) is 0 Å². The van der Waals surface area contributed by atoms with Crippen molar-refractivity contribution < 1.29 is 23.8 Å². The molecular weight excluding hydrogens is 236 g/mol. The quantitative estimate of drug-likeness (QED) is 0.743. The predicted molar refractivity (Wildman–Crippen MR) is 63.0 cm³/mol. The summed E-state index contributed by atoms with van der Waals surface area (Å²) < 4.78 is 15.4. The van der Waals surface area contributed by atoms with Crippen LogP contribution < -0.4 is 9.47 Å². The number of esters is 1. The largest absolute Gasteiger partial charge is 0.493 e. The van der Waals surface area contributed by atoms with Crippen LogP contribution >= 0.6 is 0 Å². The Morgan fingerprint density at radius 1 is 1.44 bits per heavy atom. The van der Waals surface area contributed by atoms with Gasteiger partial charge < -0.3 is 14.2 Å². The number of benzene rings is 1. The highest BCUT2D eigenvalue weighted by Gasteiger charge is 2.21. The lowest BCUT2D eigenvalue weighted by Crippen LogP contribution is -2.09. The topological polar surface area (TPSA) is 61.8 Å². The molecule has 5 heteroatoms. The van der Waals surface area contributed by atoms with Gasteiger partial charge in [0.2, 0.25) is 5.78 Å². The van der Waals surface area contributed by atoms with Gasteiger partial charge in [-0.25, -0.2) is 0 Å². The Labute approximate surface area is 105 Å². The number of Topliss-reactive ketones (excluding diaryl/α,β-unsaturated/α-hetero) is 1. The standard InChI is InChI=1S/C13H14O5/c1-2-16-13(15)5-6-17-9-3-4-10-11(14)8-18-12(10)7-9/h3-4,7H,2,5-6,8H2,1H3. The monoisotopic (exact) mass is 250 g/mol. The molecule has 96 valence electrons. The molecule has 5 nitrogen and oxygen atoms in total. The Bertz CT molecular complexity index is 466. The summed E-state index contributed by atoms with van der Waals surface area (Å²) in [4.78, 5) is 22.4. The van der Waals surface area contributed by atoms with Crippen molar-refractivity contribution in [2.24, 2.45) is 0 Å². The highest BCUT2D eigenvalue weighted by molar-refractivity contribution is 6.02. The Morgan fingerprint density at radius 2 is 2.28 bits per heavy atom. The van der Waals surface area contributed by atoms with Gasteiger partial charge in [0, 0.05) is 6.07 Å². The van der Waals surface area contributed by atoms with Crippen LogP contribution in [0.4, 0.5) is 0 Å². The number of hydrogen-bond donors (Lipinski definition) is 0. The third-order valence-corrected chi connectivity index (χ3v) is 2.49. The van der Waals surface area contributed by atoms with Gasteiger partial charge in [-0.05, 0) is 19.1 Å². The summed E-state index contributed by atoms with van der Waals surface area (Å²) in [6.07, 6.45) is 0.199. The molecule has 0 bridgehead atoms. The first-order valence-electron chi connectivity index (χ1n) is 5.79. The number of ether oxygens (including phenoxy) is 3. The van der Waals surface area contributed by atoms with Crippen LogP contribution in [0.2, 0.25) is 0 Å². The zero-order chi connectivity index (χ0) is 13.0. The minimum Gasteiger partial charge on any atom is -0.493 e. The second kappa shape index (κ2) is 5.53. The molecule has 0 saturated carbocycles. The molecule has 1 aromatic rings. The van der Waals surface area contributed by atoms with Crippen molar-refractivity contribution >= 4 is 11.8 Å². The Hall–Kier alpha value is -2.04. The van der Waals surface area contributed by atoms with Crippen LogP contribution in [0, 0.1) is 0 Å². The summed E-state index contributed by atoms with van der Waals surface area (Å²) in [5.74, 6) is 0.801. The van der Waals surface area contributed by atoms with Gasteiger partial charge >= 0.3 is 5.97 Å². The Kier molecular flexibility index (Phi) is 3.82. The van der Waals surface area contributed by atoms with E-state index in [9.17, 15) is 9.59 Å². The van der Waals surface area contributed by atoms with E-state index in [0.717, 1.165) is 0 Å². The second-order valence-corrected chi connectivity index (χ2v) is 3.77. The lowest BCUT2D eigenvalue weighted by Gasteiger charge is -2.07. The van der Waals surface area contributed by atoms with Crippen molar-refractivity contribution in [1.29, 1.82) is 0 Å². The molecule has 0 fully saturated rings. The highest BCUT2D eigenvalue weighted by atomic mass is 16.5. The average Bonchev–Trinajstić information content (AvgIpc) is 2.71. The van der Waals surface area contributed by atoms with E-state index in [4.69, 9.17) is 14.2 Å². The maximum absolute atomic E-state index is 11.3. The van der Waals surface area contributed by atoms with Crippen LogP contribution in [-0.2, 0) is 9.53 Å². The number of rotatable bonds is 5. The molecular formula is C13H14O5. The lowest BCUT2D eigenvalue weighted by molar-refractivity contribution is -0.143. The molecule has 2 rings (SSSR count). The number of carbonyl (C=O) groups is 2. The third-order valence-electron chi connectivity index (χ3n) is 2.49. The van der Waals surface area contributed by atoms with E-state index in [0.29, 0.717) is 23.7 Å². The maximum atomic E-state index is 11.3. The van der Waals surface area contributed by atoms with Crippen molar-refractivity contribution in [2.75, 3.05) is 19.8 Å². The normalized spacial score (nSPS) is 12.8. The van der Waals surface area contributed by atoms with Gasteiger partial charge in [0.05, 0.1) is 25.2 Å². The van der Waals surface area contributed by atoms with Crippen molar-refractivity contribution in [2.45, 2.75) is 13.3 Å². The van der Waals surface area contributed by atoms with Gasteiger partial charge in [0.25, 0.3) is 0 Å². The number of ketones is 1. The van der Waals surface area contributed by atoms with Crippen LogP contribution in [0.1, 0.15) is 23.7 Å². The van der Waals surface area contributed by atoms with Crippen LogP contribution in [0.5, 0.6) is 11.5 Å². The van der Waals surface area contributed by atoms with E-state index in [1.54, 1.807) is 25.1 Å². The summed E-state index contributed by atoms with van der Waals surface area (Å²) in [5.41, 5.74) is 0.577. The van der Waals surface area contributed by atoms with Crippen LogP contribution in [-0.4, -0.2) is 31.6 Å². The van der Waals surface area contributed by atoms with Crippen molar-refractivity contribution in [3.05, 3.63) is 23.8 Å². The molecule has 0 radical (unpaired) electrons. The van der Waals surface area contributed by atoms with Crippen LogP contribution in [0.15, 0.2) is 18.2 Å². The van der Waals surface area contributed by atoms with E-state index in [1.165, 1.54) is 0 Å². The molecule has 0 amide bonds. The number of carbonyl (C=O) groups excluding carboxylic acids is 2. The fourth-order valence-electron chi connectivity index (χ4n) is 1.65. The first-order chi connectivity index (χ1) is 8.70. The predicted octanol–water partition coefficient (Wildman–Crippen LogP) is 1.59. The van der Waals surface area contributed by atoms with E-state index in [-0.39, 0.29) is 31.4 Å². The van der Waals surface area contributed by atoms with Crippen molar-refractivity contribution in [3.63, 3.8) is 0 Å². The molecule has 0 spiro atoms. The molecule has 1 heterocycles. The lowest BCUT2D eigenvalue weighted by atomic mass is 10.1. The molecule has 0 unspecified atom stereocenters. The second-order valence-electron chi connectivity index (χ2n) is 3.77. The van der Waals surface area contributed by atoms with Gasteiger partial charge in [-0.2, -0.15) is 0 Å². The molecule has 0 aromatic heterocycles. The summed E-state index contributed by atoms with van der Waals surface area (Å²) in [7, 11) is 0. The van der Waals surface area contributed by atoms with Gasteiger partial charge in [0.1, 0.15) is 11.5 Å². The Balaban J connectivity index is 1.88. The van der Waals surface area contributed by atoms with E-state index >= 15 is 0 Å². The fourth-order valence-corrected chi connectivity index (χ4v) is 1.65. The van der Waals surface area contributed by atoms with Crippen LogP contribution in [0.25, 0.3) is 0 Å². The SMILES string of the molecule is CCOC(=O)CCOc1ccc2c(c1)OCC2=O. The molecule has 0 saturated heterocycles. The summed E-state index contributed by atoms with van der Waals surface area (Å²) in [5, 5.41) is 0. The highest BCUT2D eigenvalue weighted by Crippen LogP contribution is 2.29. The summed E-state index contributed by atoms with van der Waals surface area (Å²) >= 11 is 0. The fraction of sp³-hybridized carbons (Fsp3) is 0.385. The van der Waals surface area contributed by atoms with Gasteiger partial charge in [0.15, 0.2) is 6.61 Å². The first kappa shape index (κ1) is 12.4. The molecule has 0 atom stereocenters. The summed E-state index contributed by atoms with van der Waals surface area (Å²) in [6.45, 7) is 2.45. The Morgan fingerprint density at radius 3 is 3.06 bits per heavy atom. The van der Waals surface area contributed by atoms with Gasteiger partial charge in [-0.1, -0.05) is 0 Å². The molecule has 1 aliphatic rings. The minimum atomic E-state index is -0.287. The van der Waals surface area contributed by atoms with E-state index in [1.807, 2.05) is 0 Å². The molecule has 1 aromatic carbocycles. The van der Waals surface area contributed by atoms with Crippen molar-refractivity contribution in [3.8, 4) is 11.5 Å². The molecule has 18 heavy (non-hydrogen) atoms. The number of hydrogen-bond acceptors (Lipinski definition) is 5. The molecule has 0 N–H and O–H groups in total. The smallest absolute Gasteiger partial charge is 0.309 e. The summed E-state index contributed by atoms with van der Waals surface area (Å²) in [6, 6.07) is 5.02. The van der Waals surface area contributed by atoms with Gasteiger partial charge in [-0.3, -0.25) is 9.59 Å². The maximum Gasteiger partial charge on any atom is 0.309 e.